The van der Waals surface area contributed by atoms with E-state index in [2.05, 4.69) is 34.6 Å². The molecule has 194 valence electrons. The van der Waals surface area contributed by atoms with Crippen molar-refractivity contribution in [2.45, 2.75) is 112 Å². The van der Waals surface area contributed by atoms with Crippen LogP contribution in [0.5, 0.6) is 0 Å². The number of furan rings is 1. The molecule has 2 heteroatoms. The maximum atomic E-state index is 13.3. The lowest BCUT2D eigenvalue weighted by Gasteiger charge is -2.59. The van der Waals surface area contributed by atoms with Crippen molar-refractivity contribution >= 4 is 11.9 Å². The number of hydrogen-bond donors (Lipinski definition) is 0. The van der Waals surface area contributed by atoms with Crippen LogP contribution in [0, 0.1) is 52.3 Å². The molecule has 1 aromatic heterocycles. The van der Waals surface area contributed by atoms with Crippen molar-refractivity contribution in [1.82, 2.24) is 0 Å². The lowest BCUT2D eigenvalue weighted by molar-refractivity contribution is -0.123. The van der Waals surface area contributed by atoms with Crippen LogP contribution in [-0.4, -0.2) is 5.78 Å². The second-order valence-corrected chi connectivity index (χ2v) is 14.0. The summed E-state index contributed by atoms with van der Waals surface area (Å²) in [5.74, 6) is 7.00. The molecule has 5 rings (SSSR count). The van der Waals surface area contributed by atoms with Gasteiger partial charge in [-0.15, -0.1) is 0 Å². The van der Waals surface area contributed by atoms with Crippen LogP contribution < -0.4 is 0 Å². The molecule has 2 nitrogen and oxygen atoms in total. The van der Waals surface area contributed by atoms with Crippen molar-refractivity contribution in [3.8, 4) is 0 Å². The van der Waals surface area contributed by atoms with E-state index < -0.39 is 0 Å². The standard InChI is InChI=1S/C33H50O2/c1-22(2)8-6-9-23(3)28-13-14-29-27-12-11-25-21-31(34)24(20-26-10-7-19-35-26)15-17-32(25,4)30(27)16-18-33(28,29)5/h7,10,19-20,22-23,25,27-30H,6,8-9,11-18,21H2,1-5H3. The Balaban J connectivity index is 1.31. The third-order valence-electron chi connectivity index (χ3n) is 11.8. The lowest BCUT2D eigenvalue weighted by Crippen LogP contribution is -2.52. The van der Waals surface area contributed by atoms with Crippen LogP contribution in [0.15, 0.2) is 28.4 Å². The molecule has 0 aliphatic heterocycles. The largest absolute Gasteiger partial charge is 0.465 e. The molecular weight excluding hydrogens is 428 g/mol. The third-order valence-corrected chi connectivity index (χ3v) is 11.8. The Morgan fingerprint density at radius 2 is 1.80 bits per heavy atom. The van der Waals surface area contributed by atoms with E-state index in [0.29, 0.717) is 22.5 Å². The highest BCUT2D eigenvalue weighted by molar-refractivity contribution is 5.99. The van der Waals surface area contributed by atoms with Gasteiger partial charge in [0.2, 0.25) is 0 Å². The minimum absolute atomic E-state index is 0.319. The molecule has 1 heterocycles. The van der Waals surface area contributed by atoms with E-state index in [4.69, 9.17) is 4.42 Å². The summed E-state index contributed by atoms with van der Waals surface area (Å²) in [6.07, 6.45) is 19.2. The predicted octanol–water partition coefficient (Wildman–Crippen LogP) is 9.35. The Morgan fingerprint density at radius 3 is 2.54 bits per heavy atom. The van der Waals surface area contributed by atoms with Gasteiger partial charge < -0.3 is 4.42 Å². The Kier molecular flexibility index (Phi) is 7.14. The topological polar surface area (TPSA) is 30.2 Å². The summed E-state index contributed by atoms with van der Waals surface area (Å²) in [5.41, 5.74) is 1.87. The number of ketones is 1. The molecule has 4 aliphatic carbocycles. The summed E-state index contributed by atoms with van der Waals surface area (Å²) in [6.45, 7) is 12.6. The zero-order chi connectivity index (χ0) is 24.8. The summed E-state index contributed by atoms with van der Waals surface area (Å²) in [7, 11) is 0. The molecule has 35 heavy (non-hydrogen) atoms. The van der Waals surface area contributed by atoms with Gasteiger partial charge in [0.15, 0.2) is 5.78 Å². The zero-order valence-electron chi connectivity index (χ0n) is 23.2. The molecule has 1 aromatic rings. The molecule has 8 unspecified atom stereocenters. The number of fused-ring (bicyclic) bond motifs is 5. The summed E-state index contributed by atoms with van der Waals surface area (Å²) in [5, 5.41) is 0. The van der Waals surface area contributed by atoms with Crippen molar-refractivity contribution in [3.05, 3.63) is 29.7 Å². The lowest BCUT2D eigenvalue weighted by atomic mass is 9.46. The first-order valence-corrected chi connectivity index (χ1v) is 15.0. The fourth-order valence-corrected chi connectivity index (χ4v) is 9.88. The van der Waals surface area contributed by atoms with E-state index >= 15 is 0 Å². The molecule has 0 radical (unpaired) electrons. The molecule has 8 atom stereocenters. The van der Waals surface area contributed by atoms with Gasteiger partial charge >= 0.3 is 0 Å². The van der Waals surface area contributed by atoms with E-state index in [1.54, 1.807) is 6.26 Å². The zero-order valence-corrected chi connectivity index (χ0v) is 23.2. The van der Waals surface area contributed by atoms with Gasteiger partial charge in [-0.25, -0.2) is 0 Å². The molecule has 0 aromatic carbocycles. The fourth-order valence-electron chi connectivity index (χ4n) is 9.88. The molecular formula is C33H50O2. The summed E-state index contributed by atoms with van der Waals surface area (Å²) < 4.78 is 5.55. The number of allylic oxidation sites excluding steroid dienone is 1. The van der Waals surface area contributed by atoms with Gasteiger partial charge in [-0.05, 0) is 127 Å². The quantitative estimate of drug-likeness (QED) is 0.381. The second kappa shape index (κ2) is 9.86. The van der Waals surface area contributed by atoms with E-state index in [0.717, 1.165) is 59.7 Å². The van der Waals surface area contributed by atoms with E-state index in [9.17, 15) is 4.79 Å². The molecule has 4 fully saturated rings. The predicted molar refractivity (Wildman–Crippen MR) is 145 cm³/mol. The normalized spacial score (nSPS) is 41.4. The summed E-state index contributed by atoms with van der Waals surface area (Å²) in [4.78, 5) is 13.3. The fraction of sp³-hybridized carbons (Fsp3) is 0.788. The van der Waals surface area contributed by atoms with Crippen LogP contribution in [0.3, 0.4) is 0 Å². The van der Waals surface area contributed by atoms with Crippen molar-refractivity contribution in [3.63, 3.8) is 0 Å². The minimum Gasteiger partial charge on any atom is -0.465 e. The summed E-state index contributed by atoms with van der Waals surface area (Å²) >= 11 is 0. The van der Waals surface area contributed by atoms with Crippen molar-refractivity contribution in [1.29, 1.82) is 0 Å². The minimum atomic E-state index is 0.319. The van der Waals surface area contributed by atoms with Gasteiger partial charge in [-0.1, -0.05) is 53.9 Å². The van der Waals surface area contributed by atoms with Gasteiger partial charge in [0.1, 0.15) is 5.76 Å². The first kappa shape index (κ1) is 25.3. The highest BCUT2D eigenvalue weighted by Gasteiger charge is 2.60. The molecule has 0 amide bonds. The number of carbonyl (C=O) groups is 1. The van der Waals surface area contributed by atoms with Crippen LogP contribution in [0.25, 0.3) is 6.08 Å². The average molecular weight is 479 g/mol. The third kappa shape index (κ3) is 4.61. The van der Waals surface area contributed by atoms with Crippen molar-refractivity contribution in [2.75, 3.05) is 0 Å². The highest BCUT2D eigenvalue weighted by Crippen LogP contribution is 2.68. The molecule has 0 saturated heterocycles. The highest BCUT2D eigenvalue weighted by atomic mass is 16.3. The molecule has 4 saturated carbocycles. The second-order valence-electron chi connectivity index (χ2n) is 14.0. The van der Waals surface area contributed by atoms with Gasteiger partial charge in [-0.2, -0.15) is 0 Å². The number of carbonyl (C=O) groups excluding carboxylic acids is 1. The molecule has 0 spiro atoms. The van der Waals surface area contributed by atoms with Crippen LogP contribution in [-0.2, 0) is 4.79 Å². The van der Waals surface area contributed by atoms with Crippen LogP contribution in [0.2, 0.25) is 0 Å². The monoisotopic (exact) mass is 478 g/mol. The van der Waals surface area contributed by atoms with Crippen LogP contribution in [0.4, 0.5) is 0 Å². The maximum absolute atomic E-state index is 13.3. The number of hydrogen-bond acceptors (Lipinski definition) is 2. The Bertz CT molecular complexity index is 910. The number of rotatable bonds is 6. The molecule has 0 bridgehead atoms. The smallest absolute Gasteiger partial charge is 0.159 e. The number of Topliss-reactive ketones (excluding diaryl/α,β-unsaturated/α-hetero) is 1. The van der Waals surface area contributed by atoms with Gasteiger partial charge in [0.25, 0.3) is 0 Å². The first-order valence-electron chi connectivity index (χ1n) is 15.0. The average Bonchev–Trinajstić information content (AvgIpc) is 3.42. The molecule has 0 N–H and O–H groups in total. The van der Waals surface area contributed by atoms with Crippen molar-refractivity contribution in [2.24, 2.45) is 52.3 Å². The summed E-state index contributed by atoms with van der Waals surface area (Å²) in [6, 6.07) is 3.89. The van der Waals surface area contributed by atoms with Crippen molar-refractivity contribution < 1.29 is 9.21 Å². The maximum Gasteiger partial charge on any atom is 0.159 e. The van der Waals surface area contributed by atoms with E-state index in [1.165, 1.54) is 64.2 Å². The van der Waals surface area contributed by atoms with E-state index in [1.807, 2.05) is 18.2 Å². The van der Waals surface area contributed by atoms with Crippen LogP contribution in [0.1, 0.15) is 117 Å². The van der Waals surface area contributed by atoms with Crippen LogP contribution >= 0.6 is 0 Å². The van der Waals surface area contributed by atoms with E-state index in [-0.39, 0.29) is 0 Å². The Labute approximate surface area is 214 Å². The van der Waals surface area contributed by atoms with Gasteiger partial charge in [-0.3, -0.25) is 4.79 Å². The Morgan fingerprint density at radius 1 is 1.00 bits per heavy atom. The van der Waals surface area contributed by atoms with Gasteiger partial charge in [0, 0.05) is 6.42 Å². The Hall–Kier alpha value is -1.31. The molecule has 4 aliphatic rings. The van der Waals surface area contributed by atoms with Gasteiger partial charge in [0.05, 0.1) is 6.26 Å². The SMILES string of the molecule is CC(C)CCCC(C)C1CCC2C3CCC4CC(=O)C(=Cc5ccco5)CCC4(C)C3CCC12C. The first-order chi connectivity index (χ1) is 16.7.